The van der Waals surface area contributed by atoms with Gasteiger partial charge in [-0.3, -0.25) is 9.59 Å². The minimum atomic E-state index is -1.16. The molecular weight excluding hydrogens is 462 g/mol. The Morgan fingerprint density at radius 2 is 1.16 bits per heavy atom. The molecule has 0 saturated heterocycles. The van der Waals surface area contributed by atoms with Crippen molar-refractivity contribution in [2.75, 3.05) is 11.4 Å². The highest BCUT2D eigenvalue weighted by molar-refractivity contribution is 5.96. The summed E-state index contributed by atoms with van der Waals surface area (Å²) in [6, 6.07) is 36.3. The summed E-state index contributed by atoms with van der Waals surface area (Å²) < 4.78 is 11.5. The fourth-order valence-electron chi connectivity index (χ4n) is 4.86. The van der Waals surface area contributed by atoms with E-state index in [1.165, 1.54) is 0 Å². The summed E-state index contributed by atoms with van der Waals surface area (Å²) in [4.78, 5) is 29.5. The molecule has 1 unspecified atom stereocenters. The molecule has 1 atom stereocenters. The topological polar surface area (TPSA) is 55.8 Å². The standard InChI is InChI=1S/C32H29NO4/c34-31(36-22-24-12-4-1-5-13-24)29(32(35)37-23-25-14-6-2-7-15-25)30-28-19-11-10-16-26(28)20-21-33(30)27-17-8-3-9-18-27/h1-19,29-30H,20-23H2. The average Bonchev–Trinajstić information content (AvgIpc) is 2.97. The molecule has 0 N–H and O–H groups in total. The first-order valence-corrected chi connectivity index (χ1v) is 12.5. The Labute approximate surface area is 217 Å². The van der Waals surface area contributed by atoms with Gasteiger partial charge in [0.05, 0.1) is 6.04 Å². The van der Waals surface area contributed by atoms with E-state index in [9.17, 15) is 9.59 Å². The van der Waals surface area contributed by atoms with Crippen molar-refractivity contribution in [1.29, 1.82) is 0 Å². The minimum absolute atomic E-state index is 0.0852. The molecule has 4 aromatic rings. The van der Waals surface area contributed by atoms with Crippen molar-refractivity contribution in [1.82, 2.24) is 0 Å². The van der Waals surface area contributed by atoms with Crippen LogP contribution < -0.4 is 4.90 Å². The summed E-state index contributed by atoms with van der Waals surface area (Å²) >= 11 is 0. The van der Waals surface area contributed by atoms with E-state index in [2.05, 4.69) is 11.0 Å². The van der Waals surface area contributed by atoms with Crippen LogP contribution in [-0.4, -0.2) is 18.5 Å². The highest BCUT2D eigenvalue weighted by Crippen LogP contribution is 2.39. The molecular formula is C32H29NO4. The number of esters is 2. The predicted octanol–water partition coefficient (Wildman–Crippen LogP) is 5.89. The molecule has 1 aliphatic heterocycles. The zero-order chi connectivity index (χ0) is 25.5. The van der Waals surface area contributed by atoms with E-state index in [4.69, 9.17) is 9.47 Å². The van der Waals surface area contributed by atoms with Crippen LogP contribution in [0.3, 0.4) is 0 Å². The molecule has 37 heavy (non-hydrogen) atoms. The highest BCUT2D eigenvalue weighted by atomic mass is 16.6. The Kier molecular flexibility index (Phi) is 7.60. The number of hydrogen-bond donors (Lipinski definition) is 0. The number of carbonyl (C=O) groups is 2. The number of ether oxygens (including phenoxy) is 2. The van der Waals surface area contributed by atoms with Gasteiger partial charge < -0.3 is 14.4 Å². The predicted molar refractivity (Wildman–Crippen MR) is 143 cm³/mol. The van der Waals surface area contributed by atoms with E-state index in [1.807, 2.05) is 109 Å². The van der Waals surface area contributed by atoms with Gasteiger partial charge in [-0.25, -0.2) is 0 Å². The SMILES string of the molecule is O=C(OCc1ccccc1)C(C(=O)OCc1ccccc1)C1c2ccccc2CCN1c1ccccc1. The lowest BCUT2D eigenvalue weighted by Gasteiger charge is -2.41. The van der Waals surface area contributed by atoms with E-state index in [0.717, 1.165) is 34.4 Å². The second-order valence-electron chi connectivity index (χ2n) is 9.09. The van der Waals surface area contributed by atoms with Gasteiger partial charge in [-0.2, -0.15) is 0 Å². The molecule has 0 aromatic heterocycles. The van der Waals surface area contributed by atoms with Crippen LogP contribution in [-0.2, 0) is 38.7 Å². The Morgan fingerprint density at radius 1 is 0.676 bits per heavy atom. The van der Waals surface area contributed by atoms with Crippen LogP contribution in [0.15, 0.2) is 115 Å². The quantitative estimate of drug-likeness (QED) is 0.227. The van der Waals surface area contributed by atoms with Gasteiger partial charge in [0, 0.05) is 12.2 Å². The summed E-state index contributed by atoms with van der Waals surface area (Å²) in [5.41, 5.74) is 4.72. The second kappa shape index (κ2) is 11.6. The van der Waals surface area contributed by atoms with Crippen molar-refractivity contribution in [2.45, 2.75) is 25.7 Å². The van der Waals surface area contributed by atoms with Crippen LogP contribution in [0.1, 0.15) is 28.3 Å². The summed E-state index contributed by atoms with van der Waals surface area (Å²) in [7, 11) is 0. The fraction of sp³-hybridized carbons (Fsp3) is 0.188. The molecule has 4 aromatic carbocycles. The maximum absolute atomic E-state index is 13.7. The van der Waals surface area contributed by atoms with E-state index in [1.54, 1.807) is 0 Å². The minimum Gasteiger partial charge on any atom is -0.460 e. The van der Waals surface area contributed by atoms with Gasteiger partial charge in [0.25, 0.3) is 0 Å². The van der Waals surface area contributed by atoms with Crippen molar-refractivity contribution < 1.29 is 19.1 Å². The van der Waals surface area contributed by atoms with Crippen LogP contribution in [0.4, 0.5) is 5.69 Å². The van der Waals surface area contributed by atoms with Crippen LogP contribution in [0.5, 0.6) is 0 Å². The number of anilines is 1. The largest absolute Gasteiger partial charge is 0.460 e. The first-order valence-electron chi connectivity index (χ1n) is 12.5. The van der Waals surface area contributed by atoms with Crippen LogP contribution in [0.25, 0.3) is 0 Å². The van der Waals surface area contributed by atoms with Gasteiger partial charge in [0.1, 0.15) is 13.2 Å². The van der Waals surface area contributed by atoms with Gasteiger partial charge in [-0.05, 0) is 40.8 Å². The highest BCUT2D eigenvalue weighted by Gasteiger charge is 2.44. The van der Waals surface area contributed by atoms with E-state index < -0.39 is 23.9 Å². The van der Waals surface area contributed by atoms with Crippen LogP contribution in [0.2, 0.25) is 0 Å². The Bertz CT molecular complexity index is 1270. The van der Waals surface area contributed by atoms with Crippen LogP contribution in [0, 0.1) is 5.92 Å². The molecule has 5 heteroatoms. The molecule has 0 amide bonds. The van der Waals surface area contributed by atoms with Gasteiger partial charge in [0.15, 0.2) is 5.92 Å². The smallest absolute Gasteiger partial charge is 0.323 e. The number of nitrogens with zero attached hydrogens (tertiary/aromatic N) is 1. The summed E-state index contributed by atoms with van der Waals surface area (Å²) in [6.07, 6.45) is 0.812. The summed E-state index contributed by atoms with van der Waals surface area (Å²) in [5, 5.41) is 0. The first kappa shape index (κ1) is 24.3. The Hall–Kier alpha value is -4.38. The molecule has 0 radical (unpaired) electrons. The lowest BCUT2D eigenvalue weighted by Crippen LogP contribution is -2.46. The number of fused-ring (bicyclic) bond motifs is 1. The van der Waals surface area contributed by atoms with Gasteiger partial charge in [0.2, 0.25) is 0 Å². The third-order valence-corrected chi connectivity index (χ3v) is 6.69. The molecule has 0 fully saturated rings. The zero-order valence-corrected chi connectivity index (χ0v) is 20.5. The van der Waals surface area contributed by atoms with Crippen LogP contribution >= 0.6 is 0 Å². The molecule has 1 aliphatic rings. The number of rotatable bonds is 8. The molecule has 0 saturated carbocycles. The Balaban J connectivity index is 1.50. The van der Waals surface area contributed by atoms with Crippen molar-refractivity contribution >= 4 is 17.6 Å². The lowest BCUT2D eigenvalue weighted by molar-refractivity contribution is -0.165. The van der Waals surface area contributed by atoms with Crippen molar-refractivity contribution in [3.63, 3.8) is 0 Å². The molecule has 5 nitrogen and oxygen atoms in total. The normalized spacial score (nSPS) is 14.6. The number of hydrogen-bond acceptors (Lipinski definition) is 5. The van der Waals surface area contributed by atoms with E-state index in [-0.39, 0.29) is 13.2 Å². The number of carbonyl (C=O) groups excluding carboxylic acids is 2. The zero-order valence-electron chi connectivity index (χ0n) is 20.5. The Morgan fingerprint density at radius 3 is 1.73 bits per heavy atom. The molecule has 0 spiro atoms. The van der Waals surface area contributed by atoms with Gasteiger partial charge in [-0.15, -0.1) is 0 Å². The first-order chi connectivity index (χ1) is 18.2. The van der Waals surface area contributed by atoms with Crippen molar-refractivity contribution in [3.8, 4) is 0 Å². The van der Waals surface area contributed by atoms with Crippen molar-refractivity contribution in [3.05, 3.63) is 138 Å². The van der Waals surface area contributed by atoms with Crippen molar-refractivity contribution in [2.24, 2.45) is 5.92 Å². The molecule has 0 bridgehead atoms. The molecule has 1 heterocycles. The molecule has 5 rings (SSSR count). The third-order valence-electron chi connectivity index (χ3n) is 6.69. The third kappa shape index (κ3) is 5.72. The fourth-order valence-corrected chi connectivity index (χ4v) is 4.86. The summed E-state index contributed by atoms with van der Waals surface area (Å²) in [5.74, 6) is -2.34. The maximum atomic E-state index is 13.7. The summed E-state index contributed by atoms with van der Waals surface area (Å²) in [6.45, 7) is 0.837. The van der Waals surface area contributed by atoms with E-state index >= 15 is 0 Å². The monoisotopic (exact) mass is 491 g/mol. The van der Waals surface area contributed by atoms with Gasteiger partial charge in [-0.1, -0.05) is 103 Å². The lowest BCUT2D eigenvalue weighted by atomic mass is 9.84. The van der Waals surface area contributed by atoms with E-state index in [0.29, 0.717) is 6.54 Å². The second-order valence-corrected chi connectivity index (χ2v) is 9.09. The molecule has 186 valence electrons. The maximum Gasteiger partial charge on any atom is 0.323 e. The van der Waals surface area contributed by atoms with Gasteiger partial charge >= 0.3 is 11.9 Å². The number of para-hydroxylation sites is 1. The average molecular weight is 492 g/mol. The number of benzene rings is 4. The molecule has 0 aliphatic carbocycles.